The third-order valence-electron chi connectivity index (χ3n) is 9.11. The Kier molecular flexibility index (Phi) is 9.73. The van der Waals surface area contributed by atoms with Crippen LogP contribution in [-0.4, -0.2) is 103 Å². The average molecular weight is 619 g/mol. The number of rotatable bonds is 8. The summed E-state index contributed by atoms with van der Waals surface area (Å²) >= 11 is 6.03. The minimum absolute atomic E-state index is 0.0482. The van der Waals surface area contributed by atoms with Gasteiger partial charge in [0.05, 0.1) is 18.5 Å². The highest BCUT2D eigenvalue weighted by Gasteiger charge is 2.33. The van der Waals surface area contributed by atoms with Crippen molar-refractivity contribution in [2.75, 3.05) is 51.3 Å². The van der Waals surface area contributed by atoms with Crippen molar-refractivity contribution < 1.29 is 17.9 Å². The summed E-state index contributed by atoms with van der Waals surface area (Å²) in [6.07, 6.45) is 6.76. The van der Waals surface area contributed by atoms with Gasteiger partial charge in [0, 0.05) is 49.4 Å². The quantitative estimate of drug-likeness (QED) is 0.472. The second-order valence-corrected chi connectivity index (χ2v) is 14.4. The molecule has 3 saturated heterocycles. The number of aromatic nitrogens is 2. The lowest BCUT2D eigenvalue weighted by Gasteiger charge is -2.43. The first-order chi connectivity index (χ1) is 20.0. The van der Waals surface area contributed by atoms with Gasteiger partial charge in [0.25, 0.3) is 5.91 Å². The minimum Gasteiger partial charge on any atom is -0.368 e. The maximum Gasteiger partial charge on any atom is 0.272 e. The molecule has 0 spiro atoms. The molecular formula is C30H43ClN6O4S. The highest BCUT2D eigenvalue weighted by molar-refractivity contribution is 7.88. The molecule has 2 atom stereocenters. The van der Waals surface area contributed by atoms with Crippen molar-refractivity contribution in [3.63, 3.8) is 0 Å². The van der Waals surface area contributed by atoms with E-state index >= 15 is 0 Å². The van der Waals surface area contributed by atoms with E-state index in [4.69, 9.17) is 16.3 Å². The number of piperidine rings is 2. The van der Waals surface area contributed by atoms with Crippen LogP contribution in [0.15, 0.2) is 24.3 Å². The van der Waals surface area contributed by atoms with E-state index in [1.165, 1.54) is 10.6 Å². The Hall–Kier alpha value is -2.31. The number of amides is 1. The SMILES string of the molecule is Cc1nc(NC[C@H]2CCC(c3ccc(Cl)cc3)O2)c(C)c(C(=O)N2CCC(N3CCC(N(C)S(C)(=O)=O)CC3)CC2)n1. The third kappa shape index (κ3) is 7.24. The second kappa shape index (κ2) is 13.1. The summed E-state index contributed by atoms with van der Waals surface area (Å²) in [5, 5.41) is 4.15. The molecule has 3 aliphatic rings. The summed E-state index contributed by atoms with van der Waals surface area (Å²) in [7, 11) is -1.50. The molecule has 4 heterocycles. The normalized spacial score (nSPS) is 23.0. The number of aryl methyl sites for hydroxylation is 1. The van der Waals surface area contributed by atoms with Gasteiger partial charge in [-0.05, 0) is 83.2 Å². The minimum atomic E-state index is -3.17. The van der Waals surface area contributed by atoms with Crippen LogP contribution >= 0.6 is 11.6 Å². The molecule has 1 aromatic carbocycles. The fraction of sp³-hybridized carbons (Fsp3) is 0.633. The van der Waals surface area contributed by atoms with Crippen LogP contribution in [0.5, 0.6) is 0 Å². The van der Waals surface area contributed by atoms with Crippen molar-refractivity contribution in [2.45, 2.75) is 76.7 Å². The first-order valence-electron chi connectivity index (χ1n) is 15.0. The number of ether oxygens (including phenoxy) is 1. The topological polar surface area (TPSA) is 108 Å². The molecular weight excluding hydrogens is 576 g/mol. The Balaban J connectivity index is 1.13. The second-order valence-electron chi connectivity index (χ2n) is 11.9. The lowest BCUT2D eigenvalue weighted by atomic mass is 9.97. The molecule has 1 aromatic heterocycles. The smallest absolute Gasteiger partial charge is 0.272 e. The van der Waals surface area contributed by atoms with E-state index in [0.29, 0.717) is 43.0 Å². The third-order valence-corrected chi connectivity index (χ3v) is 10.7. The van der Waals surface area contributed by atoms with Crippen LogP contribution in [0, 0.1) is 13.8 Å². The predicted molar refractivity (Wildman–Crippen MR) is 164 cm³/mol. The van der Waals surface area contributed by atoms with Crippen molar-refractivity contribution >= 4 is 33.3 Å². The monoisotopic (exact) mass is 618 g/mol. The number of hydrogen-bond acceptors (Lipinski definition) is 8. The molecule has 230 valence electrons. The molecule has 2 aromatic rings. The van der Waals surface area contributed by atoms with Gasteiger partial charge in [0.15, 0.2) is 0 Å². The Bertz CT molecular complexity index is 1360. The van der Waals surface area contributed by atoms with Crippen LogP contribution < -0.4 is 5.32 Å². The molecule has 0 aliphatic carbocycles. The number of halogens is 1. The molecule has 10 nitrogen and oxygen atoms in total. The van der Waals surface area contributed by atoms with Crippen LogP contribution in [0.4, 0.5) is 5.82 Å². The van der Waals surface area contributed by atoms with Gasteiger partial charge < -0.3 is 19.9 Å². The van der Waals surface area contributed by atoms with Gasteiger partial charge >= 0.3 is 0 Å². The fourth-order valence-electron chi connectivity index (χ4n) is 6.47. The zero-order valence-electron chi connectivity index (χ0n) is 25.1. The molecule has 1 amide bonds. The predicted octanol–water partition coefficient (Wildman–Crippen LogP) is 4.04. The summed E-state index contributed by atoms with van der Waals surface area (Å²) in [4.78, 5) is 27.1. The molecule has 3 aliphatic heterocycles. The molecule has 0 radical (unpaired) electrons. The fourth-order valence-corrected chi connectivity index (χ4v) is 7.35. The highest BCUT2D eigenvalue weighted by Crippen LogP contribution is 2.33. The number of carbonyl (C=O) groups is 1. The maximum absolute atomic E-state index is 13.6. The zero-order valence-corrected chi connectivity index (χ0v) is 26.6. The number of likely N-dealkylation sites (tertiary alicyclic amines) is 2. The van der Waals surface area contributed by atoms with Crippen LogP contribution in [0.1, 0.15) is 72.1 Å². The van der Waals surface area contributed by atoms with Crippen molar-refractivity contribution in [1.29, 1.82) is 0 Å². The summed E-state index contributed by atoms with van der Waals surface area (Å²) in [6.45, 7) is 7.46. The van der Waals surface area contributed by atoms with Crippen molar-refractivity contribution in [2.24, 2.45) is 0 Å². The van der Waals surface area contributed by atoms with Crippen LogP contribution in [0.2, 0.25) is 5.02 Å². The van der Waals surface area contributed by atoms with E-state index in [2.05, 4.69) is 20.2 Å². The molecule has 0 bridgehead atoms. The van der Waals surface area contributed by atoms with Crippen LogP contribution in [0.3, 0.4) is 0 Å². The summed E-state index contributed by atoms with van der Waals surface area (Å²) in [6, 6.07) is 8.30. The number of nitrogens with zero attached hydrogens (tertiary/aromatic N) is 5. The van der Waals surface area contributed by atoms with E-state index in [0.717, 1.165) is 67.8 Å². The molecule has 42 heavy (non-hydrogen) atoms. The molecule has 0 saturated carbocycles. The first kappa shape index (κ1) is 31.1. The number of sulfonamides is 1. The van der Waals surface area contributed by atoms with Gasteiger partial charge in [0.1, 0.15) is 17.3 Å². The lowest BCUT2D eigenvalue weighted by Crippen LogP contribution is -2.52. The maximum atomic E-state index is 13.6. The number of nitrogens with one attached hydrogen (secondary N) is 1. The largest absolute Gasteiger partial charge is 0.368 e. The van der Waals surface area contributed by atoms with E-state index < -0.39 is 10.0 Å². The average Bonchev–Trinajstić information content (AvgIpc) is 3.46. The number of carbonyl (C=O) groups excluding carboxylic acids is 1. The van der Waals surface area contributed by atoms with Gasteiger partial charge in [-0.15, -0.1) is 0 Å². The van der Waals surface area contributed by atoms with Gasteiger partial charge in [-0.1, -0.05) is 23.7 Å². The highest BCUT2D eigenvalue weighted by atomic mass is 35.5. The van der Waals surface area contributed by atoms with E-state index in [9.17, 15) is 13.2 Å². The molecule has 3 fully saturated rings. The molecule has 5 rings (SSSR count). The van der Waals surface area contributed by atoms with Gasteiger partial charge in [-0.25, -0.2) is 22.7 Å². The lowest BCUT2D eigenvalue weighted by molar-refractivity contribution is 0.0521. The Morgan fingerprint density at radius 1 is 1.02 bits per heavy atom. The van der Waals surface area contributed by atoms with Crippen LogP contribution in [-0.2, 0) is 14.8 Å². The first-order valence-corrected chi connectivity index (χ1v) is 17.2. The molecule has 1 N–H and O–H groups in total. The van der Waals surface area contributed by atoms with Crippen molar-refractivity contribution in [3.05, 3.63) is 51.9 Å². The number of benzene rings is 1. The van der Waals surface area contributed by atoms with Crippen molar-refractivity contribution in [1.82, 2.24) is 24.1 Å². The summed E-state index contributed by atoms with van der Waals surface area (Å²) in [5.74, 6) is 1.20. The number of hydrogen-bond donors (Lipinski definition) is 1. The van der Waals surface area contributed by atoms with E-state index in [-0.39, 0.29) is 24.2 Å². The summed E-state index contributed by atoms with van der Waals surface area (Å²) < 4.78 is 31.6. The molecule has 12 heteroatoms. The van der Waals surface area contributed by atoms with Gasteiger partial charge in [-0.3, -0.25) is 4.79 Å². The van der Waals surface area contributed by atoms with Gasteiger partial charge in [0.2, 0.25) is 10.0 Å². The van der Waals surface area contributed by atoms with Crippen LogP contribution in [0.25, 0.3) is 0 Å². The number of anilines is 1. The van der Waals surface area contributed by atoms with Crippen molar-refractivity contribution in [3.8, 4) is 0 Å². The van der Waals surface area contributed by atoms with E-state index in [1.54, 1.807) is 7.05 Å². The zero-order chi connectivity index (χ0) is 30.0. The Morgan fingerprint density at radius 3 is 2.33 bits per heavy atom. The Morgan fingerprint density at radius 2 is 1.69 bits per heavy atom. The summed E-state index contributed by atoms with van der Waals surface area (Å²) in [5.41, 5.74) is 2.35. The Labute approximate surface area is 254 Å². The standard InChI is InChI=1S/C30H43ClN6O4S/c1-20-28(30(38)37-17-13-25(14-18-37)36-15-11-24(12-16-36)35(3)42(4,39)40)33-21(2)34-29(20)32-19-26-9-10-27(41-26)22-5-7-23(31)8-6-22/h5-8,24-27H,9-19H2,1-4H3,(H,32,33,34)/t26-,27?/m1/s1. The van der Waals surface area contributed by atoms with E-state index in [1.807, 2.05) is 43.0 Å². The molecule has 1 unspecified atom stereocenters. The van der Waals surface area contributed by atoms with Gasteiger partial charge in [-0.2, -0.15) is 0 Å².